The molecule has 1 N–H and O–H groups in total. The highest BCUT2D eigenvalue weighted by molar-refractivity contribution is 5.29. The Morgan fingerprint density at radius 3 is 2.48 bits per heavy atom. The second-order valence-corrected chi connectivity index (χ2v) is 6.16. The standard InChI is InChI=1S/C16H29N5/c1-15(2)5-3-6-17-9-10-20-11-13-21(14-12-20)16-18-7-4-8-19-16/h4,7-8,15,17H,3,5-6,9-14H2,1-2H3. The molecule has 1 aliphatic rings. The van der Waals surface area contributed by atoms with Crippen molar-refractivity contribution in [3.8, 4) is 0 Å². The molecular weight excluding hydrogens is 262 g/mol. The molecule has 0 amide bonds. The number of piperazine rings is 1. The highest BCUT2D eigenvalue weighted by atomic mass is 15.3. The Morgan fingerprint density at radius 2 is 1.81 bits per heavy atom. The molecule has 2 rings (SSSR count). The molecule has 1 saturated heterocycles. The average Bonchev–Trinajstić information content (AvgIpc) is 2.52. The summed E-state index contributed by atoms with van der Waals surface area (Å²) >= 11 is 0. The van der Waals surface area contributed by atoms with Crippen LogP contribution >= 0.6 is 0 Å². The van der Waals surface area contributed by atoms with Crippen molar-refractivity contribution < 1.29 is 0 Å². The fourth-order valence-electron chi connectivity index (χ4n) is 2.62. The van der Waals surface area contributed by atoms with E-state index in [1.54, 1.807) is 0 Å². The number of nitrogens with one attached hydrogen (secondary N) is 1. The Bertz CT molecular complexity index is 374. The molecule has 1 aromatic heterocycles. The molecule has 21 heavy (non-hydrogen) atoms. The SMILES string of the molecule is CC(C)CCCNCCN1CCN(c2ncccn2)CC1. The van der Waals surface area contributed by atoms with Crippen molar-refractivity contribution in [1.82, 2.24) is 20.2 Å². The van der Waals surface area contributed by atoms with Gasteiger partial charge in [0, 0.05) is 51.7 Å². The maximum atomic E-state index is 4.32. The maximum Gasteiger partial charge on any atom is 0.225 e. The minimum absolute atomic E-state index is 0.820. The van der Waals surface area contributed by atoms with E-state index in [0.717, 1.165) is 57.7 Å². The van der Waals surface area contributed by atoms with E-state index >= 15 is 0 Å². The Morgan fingerprint density at radius 1 is 1.10 bits per heavy atom. The Kier molecular flexibility index (Phi) is 6.89. The number of hydrogen-bond donors (Lipinski definition) is 1. The Hall–Kier alpha value is -1.20. The predicted molar refractivity (Wildman–Crippen MR) is 87.6 cm³/mol. The first-order chi connectivity index (χ1) is 10.3. The minimum Gasteiger partial charge on any atom is -0.338 e. The monoisotopic (exact) mass is 291 g/mol. The third-order valence-electron chi connectivity index (χ3n) is 3.95. The van der Waals surface area contributed by atoms with E-state index in [-0.39, 0.29) is 0 Å². The topological polar surface area (TPSA) is 44.3 Å². The smallest absolute Gasteiger partial charge is 0.225 e. The number of nitrogens with zero attached hydrogens (tertiary/aromatic N) is 4. The van der Waals surface area contributed by atoms with E-state index in [2.05, 4.69) is 38.9 Å². The van der Waals surface area contributed by atoms with Crippen LogP contribution in [0, 0.1) is 5.92 Å². The summed E-state index contributed by atoms with van der Waals surface area (Å²) in [5.74, 6) is 1.68. The van der Waals surface area contributed by atoms with Crippen LogP contribution in [0.1, 0.15) is 26.7 Å². The van der Waals surface area contributed by atoms with Gasteiger partial charge in [0.1, 0.15) is 0 Å². The molecule has 0 atom stereocenters. The summed E-state index contributed by atoms with van der Waals surface area (Å²) in [5.41, 5.74) is 0. The van der Waals surface area contributed by atoms with Crippen LogP contribution in [-0.2, 0) is 0 Å². The summed E-state index contributed by atoms with van der Waals surface area (Å²) in [6.45, 7) is 12.2. The van der Waals surface area contributed by atoms with Gasteiger partial charge in [0.2, 0.25) is 5.95 Å². The van der Waals surface area contributed by atoms with Gasteiger partial charge in [-0.05, 0) is 31.4 Å². The van der Waals surface area contributed by atoms with Crippen LogP contribution in [0.15, 0.2) is 18.5 Å². The minimum atomic E-state index is 0.820. The number of anilines is 1. The van der Waals surface area contributed by atoms with Crippen LogP contribution in [0.3, 0.4) is 0 Å². The van der Waals surface area contributed by atoms with Crippen LogP contribution in [0.25, 0.3) is 0 Å². The van der Waals surface area contributed by atoms with Gasteiger partial charge in [-0.15, -0.1) is 0 Å². The third kappa shape index (κ3) is 5.98. The molecule has 0 saturated carbocycles. The Labute approximate surface area is 128 Å². The number of hydrogen-bond acceptors (Lipinski definition) is 5. The zero-order chi connectivity index (χ0) is 14.9. The molecule has 0 unspecified atom stereocenters. The maximum absolute atomic E-state index is 4.32. The molecular formula is C16H29N5. The van der Waals surface area contributed by atoms with Crippen molar-refractivity contribution in [2.75, 3.05) is 50.7 Å². The lowest BCUT2D eigenvalue weighted by atomic mass is 10.1. The summed E-state index contributed by atoms with van der Waals surface area (Å²) < 4.78 is 0. The molecule has 1 aliphatic heterocycles. The van der Waals surface area contributed by atoms with E-state index in [9.17, 15) is 0 Å². The van der Waals surface area contributed by atoms with Gasteiger partial charge in [0.25, 0.3) is 0 Å². The summed E-state index contributed by atoms with van der Waals surface area (Å²) in [6, 6.07) is 1.87. The quantitative estimate of drug-likeness (QED) is 0.738. The highest BCUT2D eigenvalue weighted by Gasteiger charge is 2.17. The predicted octanol–water partition coefficient (Wildman–Crippen LogP) is 1.62. The summed E-state index contributed by atoms with van der Waals surface area (Å²) in [6.07, 6.45) is 6.24. The molecule has 118 valence electrons. The lowest BCUT2D eigenvalue weighted by Gasteiger charge is -2.34. The second-order valence-electron chi connectivity index (χ2n) is 6.16. The van der Waals surface area contributed by atoms with E-state index < -0.39 is 0 Å². The first kappa shape index (κ1) is 16.2. The van der Waals surface area contributed by atoms with Gasteiger partial charge < -0.3 is 10.2 Å². The van der Waals surface area contributed by atoms with Gasteiger partial charge in [-0.25, -0.2) is 9.97 Å². The van der Waals surface area contributed by atoms with Crippen LogP contribution in [0.5, 0.6) is 0 Å². The summed E-state index contributed by atoms with van der Waals surface area (Å²) in [4.78, 5) is 13.4. The molecule has 0 radical (unpaired) electrons. The van der Waals surface area contributed by atoms with Gasteiger partial charge >= 0.3 is 0 Å². The van der Waals surface area contributed by atoms with Crippen molar-refractivity contribution in [1.29, 1.82) is 0 Å². The molecule has 0 spiro atoms. The largest absolute Gasteiger partial charge is 0.338 e. The van der Waals surface area contributed by atoms with Crippen LogP contribution in [0.2, 0.25) is 0 Å². The molecule has 5 heteroatoms. The molecule has 0 bridgehead atoms. The average molecular weight is 291 g/mol. The van der Waals surface area contributed by atoms with E-state index in [1.165, 1.54) is 12.8 Å². The van der Waals surface area contributed by atoms with E-state index in [1.807, 2.05) is 18.5 Å². The van der Waals surface area contributed by atoms with Gasteiger partial charge in [0.05, 0.1) is 0 Å². The third-order valence-corrected chi connectivity index (χ3v) is 3.95. The first-order valence-corrected chi connectivity index (χ1v) is 8.21. The van der Waals surface area contributed by atoms with Crippen LogP contribution in [0.4, 0.5) is 5.95 Å². The zero-order valence-electron chi connectivity index (χ0n) is 13.5. The molecule has 0 aliphatic carbocycles. The highest BCUT2D eigenvalue weighted by Crippen LogP contribution is 2.09. The Balaban J connectivity index is 1.55. The van der Waals surface area contributed by atoms with Gasteiger partial charge in [-0.1, -0.05) is 13.8 Å². The molecule has 1 aromatic rings. The van der Waals surface area contributed by atoms with Gasteiger partial charge in [-0.3, -0.25) is 4.90 Å². The van der Waals surface area contributed by atoms with E-state index in [0.29, 0.717) is 0 Å². The lowest BCUT2D eigenvalue weighted by Crippen LogP contribution is -2.48. The summed E-state index contributed by atoms with van der Waals surface area (Å²) in [5, 5.41) is 3.55. The zero-order valence-corrected chi connectivity index (χ0v) is 13.5. The van der Waals surface area contributed by atoms with Crippen LogP contribution in [-0.4, -0.2) is 60.7 Å². The second kappa shape index (κ2) is 8.95. The number of aromatic nitrogens is 2. The molecule has 5 nitrogen and oxygen atoms in total. The lowest BCUT2D eigenvalue weighted by molar-refractivity contribution is 0.256. The van der Waals surface area contributed by atoms with Crippen LogP contribution < -0.4 is 10.2 Å². The number of rotatable bonds is 8. The fourth-order valence-corrected chi connectivity index (χ4v) is 2.62. The molecule has 2 heterocycles. The van der Waals surface area contributed by atoms with Crippen molar-refractivity contribution in [3.63, 3.8) is 0 Å². The van der Waals surface area contributed by atoms with Gasteiger partial charge in [-0.2, -0.15) is 0 Å². The molecule has 1 fully saturated rings. The van der Waals surface area contributed by atoms with Gasteiger partial charge in [0.15, 0.2) is 0 Å². The van der Waals surface area contributed by atoms with Crippen molar-refractivity contribution >= 4 is 5.95 Å². The van der Waals surface area contributed by atoms with Crippen molar-refractivity contribution in [2.45, 2.75) is 26.7 Å². The normalized spacial score (nSPS) is 16.6. The van der Waals surface area contributed by atoms with Crippen molar-refractivity contribution in [3.05, 3.63) is 18.5 Å². The fraction of sp³-hybridized carbons (Fsp3) is 0.750. The summed E-state index contributed by atoms with van der Waals surface area (Å²) in [7, 11) is 0. The first-order valence-electron chi connectivity index (χ1n) is 8.21. The van der Waals surface area contributed by atoms with E-state index in [4.69, 9.17) is 0 Å². The molecule has 0 aromatic carbocycles. The van der Waals surface area contributed by atoms with Crippen molar-refractivity contribution in [2.24, 2.45) is 5.92 Å².